The largest absolute Gasteiger partial charge is 0.372 e. The van der Waals surface area contributed by atoms with Crippen LogP contribution in [0.1, 0.15) is 51.0 Å². The van der Waals surface area contributed by atoms with Crippen LogP contribution in [0.4, 0.5) is 0 Å². The van der Waals surface area contributed by atoms with Crippen molar-refractivity contribution in [2.45, 2.75) is 51.0 Å². The molecular formula is C21H30N2O3. The van der Waals surface area contributed by atoms with Gasteiger partial charge in [-0.3, -0.25) is 9.59 Å². The first-order chi connectivity index (χ1) is 12.6. The number of allylic oxidation sites excluding steroid dienone is 1. The van der Waals surface area contributed by atoms with Gasteiger partial charge in [0.05, 0.1) is 6.54 Å². The molecule has 1 aromatic rings. The number of carbonyl (C=O) groups excluding carboxylic acids is 2. The summed E-state index contributed by atoms with van der Waals surface area (Å²) in [6.45, 7) is 2.75. The maximum atomic E-state index is 12.1. The van der Waals surface area contributed by atoms with Crippen molar-refractivity contribution < 1.29 is 14.3 Å². The fourth-order valence-corrected chi connectivity index (χ4v) is 3.36. The number of benzene rings is 1. The van der Waals surface area contributed by atoms with Crippen LogP contribution in [0, 0.1) is 0 Å². The van der Waals surface area contributed by atoms with Gasteiger partial charge in [0.15, 0.2) is 0 Å². The number of methoxy groups -OCH3 is 1. The summed E-state index contributed by atoms with van der Waals surface area (Å²) in [6.07, 6.45) is 8.45. The molecule has 0 unspecified atom stereocenters. The van der Waals surface area contributed by atoms with Gasteiger partial charge in [0.1, 0.15) is 5.60 Å². The summed E-state index contributed by atoms with van der Waals surface area (Å²) in [7, 11) is 1.63. The van der Waals surface area contributed by atoms with E-state index in [1.165, 1.54) is 18.4 Å². The maximum absolute atomic E-state index is 12.1. The number of ether oxygens (including phenoxy) is 1. The molecule has 0 spiro atoms. The Hall–Kier alpha value is -2.14. The van der Waals surface area contributed by atoms with Gasteiger partial charge in [-0.2, -0.15) is 0 Å². The van der Waals surface area contributed by atoms with Gasteiger partial charge in [0.25, 0.3) is 0 Å². The Morgan fingerprint density at radius 1 is 1.12 bits per heavy atom. The Bertz CT molecular complexity index is 621. The van der Waals surface area contributed by atoms with Gasteiger partial charge >= 0.3 is 11.8 Å². The Labute approximate surface area is 156 Å². The van der Waals surface area contributed by atoms with Gasteiger partial charge in [-0.1, -0.05) is 48.9 Å². The lowest BCUT2D eigenvalue weighted by Crippen LogP contribution is -2.47. The van der Waals surface area contributed by atoms with Crippen molar-refractivity contribution in [1.29, 1.82) is 0 Å². The standard InChI is InChI=1S/C21H30N2O3/c1-3-21(26-2,18-12-8-5-9-13-18)16-23-20(25)19(24)22-15-14-17-10-6-4-7-11-17/h5,8-10,12-13H,3-4,6-7,11,14-16H2,1-2H3,(H,22,24)(H,23,25)/t21-/m1/s1. The summed E-state index contributed by atoms with van der Waals surface area (Å²) in [4.78, 5) is 24.2. The van der Waals surface area contributed by atoms with E-state index < -0.39 is 17.4 Å². The molecule has 0 saturated heterocycles. The van der Waals surface area contributed by atoms with Crippen LogP contribution in [0.2, 0.25) is 0 Å². The van der Waals surface area contributed by atoms with E-state index in [9.17, 15) is 9.59 Å². The number of hydrogen-bond donors (Lipinski definition) is 2. The first-order valence-corrected chi connectivity index (χ1v) is 9.46. The summed E-state index contributed by atoms with van der Waals surface area (Å²) in [5.74, 6) is -1.20. The van der Waals surface area contributed by atoms with E-state index in [-0.39, 0.29) is 6.54 Å². The fourth-order valence-electron chi connectivity index (χ4n) is 3.36. The van der Waals surface area contributed by atoms with Crippen molar-refractivity contribution in [3.63, 3.8) is 0 Å². The molecule has 2 N–H and O–H groups in total. The van der Waals surface area contributed by atoms with Crippen molar-refractivity contribution in [3.8, 4) is 0 Å². The van der Waals surface area contributed by atoms with E-state index in [0.717, 1.165) is 24.8 Å². The van der Waals surface area contributed by atoms with Crippen LogP contribution in [0.3, 0.4) is 0 Å². The molecule has 0 heterocycles. The summed E-state index contributed by atoms with van der Waals surface area (Å²) < 4.78 is 5.71. The van der Waals surface area contributed by atoms with Crippen molar-refractivity contribution in [2.24, 2.45) is 0 Å². The van der Waals surface area contributed by atoms with Crippen LogP contribution < -0.4 is 10.6 Å². The minimum Gasteiger partial charge on any atom is -0.372 e. The van der Waals surface area contributed by atoms with E-state index in [1.807, 2.05) is 37.3 Å². The lowest BCUT2D eigenvalue weighted by atomic mass is 9.90. The van der Waals surface area contributed by atoms with Gasteiger partial charge < -0.3 is 15.4 Å². The SMILES string of the molecule is CC[C@](CNC(=O)C(=O)NCCC1=CCCCC1)(OC)c1ccccc1. The minimum absolute atomic E-state index is 0.251. The smallest absolute Gasteiger partial charge is 0.309 e. The van der Waals surface area contributed by atoms with E-state index in [2.05, 4.69) is 16.7 Å². The first-order valence-electron chi connectivity index (χ1n) is 9.46. The molecule has 2 rings (SSSR count). The topological polar surface area (TPSA) is 67.4 Å². The number of carbonyl (C=O) groups is 2. The van der Waals surface area contributed by atoms with Gasteiger partial charge in [-0.15, -0.1) is 0 Å². The first kappa shape index (κ1) is 20.2. The van der Waals surface area contributed by atoms with Crippen molar-refractivity contribution in [3.05, 3.63) is 47.5 Å². The van der Waals surface area contributed by atoms with E-state index in [4.69, 9.17) is 4.74 Å². The number of amides is 2. The van der Waals surface area contributed by atoms with Crippen molar-refractivity contribution in [1.82, 2.24) is 10.6 Å². The summed E-state index contributed by atoms with van der Waals surface area (Å²) in [5.41, 5.74) is 1.73. The second-order valence-electron chi connectivity index (χ2n) is 6.71. The molecule has 1 aromatic carbocycles. The predicted molar refractivity (Wildman–Crippen MR) is 103 cm³/mol. The highest BCUT2D eigenvalue weighted by molar-refractivity contribution is 6.35. The molecule has 0 bridgehead atoms. The second kappa shape index (κ2) is 10.1. The highest BCUT2D eigenvalue weighted by Crippen LogP contribution is 2.28. The number of nitrogens with one attached hydrogen (secondary N) is 2. The Kier molecular flexibility index (Phi) is 7.85. The van der Waals surface area contributed by atoms with E-state index in [1.54, 1.807) is 7.11 Å². The maximum Gasteiger partial charge on any atom is 0.309 e. The molecular weight excluding hydrogens is 328 g/mol. The second-order valence-corrected chi connectivity index (χ2v) is 6.71. The van der Waals surface area contributed by atoms with Crippen LogP contribution >= 0.6 is 0 Å². The van der Waals surface area contributed by atoms with Crippen LogP contribution in [0.15, 0.2) is 42.0 Å². The molecule has 2 amide bonds. The van der Waals surface area contributed by atoms with E-state index in [0.29, 0.717) is 13.0 Å². The van der Waals surface area contributed by atoms with Crippen LogP contribution in [0.5, 0.6) is 0 Å². The monoisotopic (exact) mass is 358 g/mol. The van der Waals surface area contributed by atoms with E-state index >= 15 is 0 Å². The molecule has 1 atom stereocenters. The Balaban J connectivity index is 1.83. The molecule has 0 aliphatic heterocycles. The number of rotatable bonds is 8. The zero-order chi connectivity index (χ0) is 18.8. The molecule has 26 heavy (non-hydrogen) atoms. The van der Waals surface area contributed by atoms with Gasteiger partial charge in [-0.25, -0.2) is 0 Å². The molecule has 0 aromatic heterocycles. The third-order valence-electron chi connectivity index (χ3n) is 5.12. The highest BCUT2D eigenvalue weighted by Gasteiger charge is 2.31. The molecule has 142 valence electrons. The van der Waals surface area contributed by atoms with Gasteiger partial charge in [0.2, 0.25) is 0 Å². The Morgan fingerprint density at radius 2 is 1.85 bits per heavy atom. The fraction of sp³-hybridized carbons (Fsp3) is 0.524. The van der Waals surface area contributed by atoms with Gasteiger partial charge in [-0.05, 0) is 44.1 Å². The molecule has 1 aliphatic carbocycles. The summed E-state index contributed by atoms with van der Waals surface area (Å²) in [5, 5.41) is 5.43. The third-order valence-corrected chi connectivity index (χ3v) is 5.12. The van der Waals surface area contributed by atoms with Crippen LogP contribution in [0.25, 0.3) is 0 Å². The zero-order valence-electron chi connectivity index (χ0n) is 15.8. The normalized spacial score (nSPS) is 16.3. The molecule has 0 saturated carbocycles. The lowest BCUT2D eigenvalue weighted by molar-refractivity contribution is -0.140. The lowest BCUT2D eigenvalue weighted by Gasteiger charge is -2.32. The predicted octanol–water partition coefficient (Wildman–Crippen LogP) is 3.06. The molecule has 0 fully saturated rings. The van der Waals surface area contributed by atoms with Crippen molar-refractivity contribution >= 4 is 11.8 Å². The molecule has 5 nitrogen and oxygen atoms in total. The minimum atomic E-state index is -0.635. The van der Waals surface area contributed by atoms with Crippen LogP contribution in [-0.4, -0.2) is 32.0 Å². The molecule has 5 heteroatoms. The summed E-state index contributed by atoms with van der Waals surface area (Å²) in [6, 6.07) is 9.75. The van der Waals surface area contributed by atoms with Crippen LogP contribution in [-0.2, 0) is 19.9 Å². The highest BCUT2D eigenvalue weighted by atomic mass is 16.5. The third kappa shape index (κ3) is 5.43. The quantitative estimate of drug-likeness (QED) is 0.554. The number of hydrogen-bond acceptors (Lipinski definition) is 3. The molecule has 0 radical (unpaired) electrons. The Morgan fingerprint density at radius 3 is 2.46 bits per heavy atom. The zero-order valence-corrected chi connectivity index (χ0v) is 15.8. The molecule has 1 aliphatic rings. The van der Waals surface area contributed by atoms with Crippen molar-refractivity contribution in [2.75, 3.05) is 20.2 Å². The van der Waals surface area contributed by atoms with Gasteiger partial charge in [0, 0.05) is 13.7 Å². The average Bonchev–Trinajstić information content (AvgIpc) is 2.70. The summed E-state index contributed by atoms with van der Waals surface area (Å²) >= 11 is 0. The average molecular weight is 358 g/mol.